The van der Waals surface area contributed by atoms with Crippen LogP contribution >= 0.6 is 11.6 Å². The predicted molar refractivity (Wildman–Crippen MR) is 59.4 cm³/mol. The topological polar surface area (TPSA) is 74.6 Å². The molecule has 86 valence electrons. The van der Waals surface area contributed by atoms with E-state index in [-0.39, 0.29) is 11.1 Å². The van der Waals surface area contributed by atoms with Crippen molar-refractivity contribution in [3.05, 3.63) is 34.9 Å². The second-order valence-corrected chi connectivity index (χ2v) is 3.61. The Morgan fingerprint density at radius 1 is 1.12 bits per heavy atom. The molecule has 0 amide bonds. The number of alkyl halides is 1. The predicted octanol–water partition coefficient (Wildman–Crippen LogP) is 2.25. The van der Waals surface area contributed by atoms with Gasteiger partial charge in [-0.2, -0.15) is 0 Å². The first-order valence-corrected chi connectivity index (χ1v) is 5.25. The molecule has 0 saturated heterocycles. The summed E-state index contributed by atoms with van der Waals surface area (Å²) in [5, 5.41) is 17.9. The van der Waals surface area contributed by atoms with Gasteiger partial charge < -0.3 is 10.2 Å². The van der Waals surface area contributed by atoms with Gasteiger partial charge in [0.05, 0.1) is 11.1 Å². The van der Waals surface area contributed by atoms with Gasteiger partial charge in [0.15, 0.2) is 0 Å². The molecule has 0 bridgehead atoms. The molecular weight excluding hydrogens is 232 g/mol. The fourth-order valence-corrected chi connectivity index (χ4v) is 1.63. The molecule has 1 aromatic rings. The Kier molecular flexibility index (Phi) is 4.31. The number of hydrogen-bond acceptors (Lipinski definition) is 2. The maximum atomic E-state index is 10.9. The molecule has 0 spiro atoms. The molecule has 0 aliphatic rings. The van der Waals surface area contributed by atoms with Crippen molar-refractivity contribution in [3.8, 4) is 0 Å². The van der Waals surface area contributed by atoms with Crippen molar-refractivity contribution in [1.82, 2.24) is 0 Å². The van der Waals surface area contributed by atoms with Gasteiger partial charge in [-0.1, -0.05) is 6.07 Å². The Hall–Kier alpha value is -1.55. The summed E-state index contributed by atoms with van der Waals surface area (Å²) in [6.07, 6.45) is 0.903. The molecule has 0 saturated carbocycles. The van der Waals surface area contributed by atoms with Crippen LogP contribution < -0.4 is 0 Å². The summed E-state index contributed by atoms with van der Waals surface area (Å²) < 4.78 is 0. The zero-order valence-corrected chi connectivity index (χ0v) is 9.20. The minimum atomic E-state index is -1.12. The maximum Gasteiger partial charge on any atom is 0.335 e. The molecule has 0 aromatic heterocycles. The quantitative estimate of drug-likeness (QED) is 0.777. The van der Waals surface area contributed by atoms with Gasteiger partial charge in [-0.15, -0.1) is 11.6 Å². The van der Waals surface area contributed by atoms with Crippen molar-refractivity contribution in [2.75, 3.05) is 5.88 Å². The fourth-order valence-electron chi connectivity index (χ4n) is 1.50. The van der Waals surface area contributed by atoms with Crippen LogP contribution in [-0.4, -0.2) is 28.0 Å². The van der Waals surface area contributed by atoms with E-state index in [1.54, 1.807) is 0 Å². The van der Waals surface area contributed by atoms with Gasteiger partial charge in [-0.3, -0.25) is 0 Å². The Morgan fingerprint density at radius 3 is 2.00 bits per heavy atom. The van der Waals surface area contributed by atoms with E-state index in [2.05, 4.69) is 0 Å². The third-order valence-electron chi connectivity index (χ3n) is 2.20. The number of rotatable bonds is 5. The largest absolute Gasteiger partial charge is 0.478 e. The van der Waals surface area contributed by atoms with E-state index in [0.29, 0.717) is 24.3 Å². The summed E-state index contributed by atoms with van der Waals surface area (Å²) in [5.74, 6) is -1.87. The van der Waals surface area contributed by atoms with E-state index >= 15 is 0 Å². The lowest BCUT2D eigenvalue weighted by molar-refractivity contribution is 0.0695. The molecule has 5 heteroatoms. The van der Waals surface area contributed by atoms with Crippen molar-refractivity contribution >= 4 is 23.5 Å². The van der Waals surface area contributed by atoms with E-state index in [1.165, 1.54) is 18.2 Å². The third-order valence-corrected chi connectivity index (χ3v) is 2.46. The number of aromatic carboxylic acids is 2. The van der Waals surface area contributed by atoms with Crippen LogP contribution in [0.4, 0.5) is 0 Å². The van der Waals surface area contributed by atoms with Gasteiger partial charge in [-0.05, 0) is 30.5 Å². The Labute approximate surface area is 97.5 Å². The van der Waals surface area contributed by atoms with Gasteiger partial charge in [0.25, 0.3) is 0 Å². The molecule has 0 unspecified atom stereocenters. The summed E-state index contributed by atoms with van der Waals surface area (Å²) in [6, 6.07) is 4.23. The molecule has 1 rings (SSSR count). The van der Waals surface area contributed by atoms with Crippen molar-refractivity contribution in [3.63, 3.8) is 0 Å². The van der Waals surface area contributed by atoms with Crippen LogP contribution in [0.15, 0.2) is 18.2 Å². The zero-order valence-electron chi connectivity index (χ0n) is 8.44. The van der Waals surface area contributed by atoms with Crippen LogP contribution in [0.2, 0.25) is 0 Å². The van der Waals surface area contributed by atoms with Gasteiger partial charge in [-0.25, -0.2) is 9.59 Å². The van der Waals surface area contributed by atoms with Gasteiger partial charge in [0.1, 0.15) is 0 Å². The second kappa shape index (κ2) is 5.51. The summed E-state index contributed by atoms with van der Waals surface area (Å²) >= 11 is 5.52. The van der Waals surface area contributed by atoms with E-state index < -0.39 is 11.9 Å². The molecule has 1 aromatic carbocycles. The molecule has 0 radical (unpaired) electrons. The van der Waals surface area contributed by atoms with E-state index in [9.17, 15) is 9.59 Å². The Bertz CT molecular complexity index is 382. The SMILES string of the molecule is O=C(O)c1cccc(C(=O)O)c1CCCCl. The van der Waals surface area contributed by atoms with Crippen LogP contribution in [-0.2, 0) is 6.42 Å². The van der Waals surface area contributed by atoms with Crippen molar-refractivity contribution in [2.24, 2.45) is 0 Å². The first-order chi connectivity index (χ1) is 7.57. The highest BCUT2D eigenvalue weighted by Crippen LogP contribution is 2.17. The molecule has 16 heavy (non-hydrogen) atoms. The molecule has 0 fully saturated rings. The standard InChI is InChI=1S/C11H11ClO4/c12-6-2-5-7-8(10(13)14)3-1-4-9(7)11(15)16/h1,3-4H,2,5-6H2,(H,13,14)(H,15,16). The van der Waals surface area contributed by atoms with Crippen molar-refractivity contribution < 1.29 is 19.8 Å². The minimum absolute atomic E-state index is 0.0324. The van der Waals surface area contributed by atoms with Crippen LogP contribution in [0.1, 0.15) is 32.7 Å². The number of halogens is 1. The molecule has 0 atom stereocenters. The number of carboxylic acid groups (broad SMARTS) is 2. The number of hydrogen-bond donors (Lipinski definition) is 2. The average molecular weight is 243 g/mol. The molecule has 4 nitrogen and oxygen atoms in total. The lowest BCUT2D eigenvalue weighted by Gasteiger charge is -2.08. The lowest BCUT2D eigenvalue weighted by atomic mass is 9.97. The average Bonchev–Trinajstić information content (AvgIpc) is 2.25. The number of carbonyl (C=O) groups is 2. The monoisotopic (exact) mass is 242 g/mol. The summed E-state index contributed by atoms with van der Waals surface area (Å²) in [5.41, 5.74) is 0.401. The highest BCUT2D eigenvalue weighted by Gasteiger charge is 2.17. The summed E-state index contributed by atoms with van der Waals surface area (Å²) in [4.78, 5) is 21.9. The van der Waals surface area contributed by atoms with Gasteiger partial charge in [0.2, 0.25) is 0 Å². The van der Waals surface area contributed by atoms with E-state index in [1.807, 2.05) is 0 Å². The highest BCUT2D eigenvalue weighted by molar-refractivity contribution is 6.17. The number of benzene rings is 1. The molecule has 0 aliphatic carbocycles. The molecular formula is C11H11ClO4. The van der Waals surface area contributed by atoms with Crippen LogP contribution in [0.5, 0.6) is 0 Å². The van der Waals surface area contributed by atoms with Gasteiger partial charge in [0, 0.05) is 5.88 Å². The summed E-state index contributed by atoms with van der Waals surface area (Å²) in [6.45, 7) is 0. The van der Waals surface area contributed by atoms with Gasteiger partial charge >= 0.3 is 11.9 Å². The van der Waals surface area contributed by atoms with E-state index in [0.717, 1.165) is 0 Å². The first-order valence-electron chi connectivity index (χ1n) is 4.72. The van der Waals surface area contributed by atoms with Crippen LogP contribution in [0.25, 0.3) is 0 Å². The normalized spacial score (nSPS) is 10.1. The Balaban J connectivity index is 3.23. The van der Waals surface area contributed by atoms with Crippen LogP contribution in [0, 0.1) is 0 Å². The van der Waals surface area contributed by atoms with Crippen LogP contribution in [0.3, 0.4) is 0 Å². The minimum Gasteiger partial charge on any atom is -0.478 e. The van der Waals surface area contributed by atoms with Crippen molar-refractivity contribution in [2.45, 2.75) is 12.8 Å². The number of carboxylic acids is 2. The van der Waals surface area contributed by atoms with E-state index in [4.69, 9.17) is 21.8 Å². The second-order valence-electron chi connectivity index (χ2n) is 3.23. The highest BCUT2D eigenvalue weighted by atomic mass is 35.5. The third kappa shape index (κ3) is 2.73. The smallest absolute Gasteiger partial charge is 0.335 e. The molecule has 0 heterocycles. The molecule has 0 aliphatic heterocycles. The van der Waals surface area contributed by atoms with Crippen molar-refractivity contribution in [1.29, 1.82) is 0 Å². The fraction of sp³-hybridized carbons (Fsp3) is 0.273. The lowest BCUT2D eigenvalue weighted by Crippen LogP contribution is -2.10. The Morgan fingerprint density at radius 2 is 1.62 bits per heavy atom. The molecule has 2 N–H and O–H groups in total. The maximum absolute atomic E-state index is 10.9. The first kappa shape index (κ1) is 12.5. The zero-order chi connectivity index (χ0) is 12.1. The summed E-state index contributed by atoms with van der Waals surface area (Å²) in [7, 11) is 0.